The predicted octanol–water partition coefficient (Wildman–Crippen LogP) is 4.12. The van der Waals surface area contributed by atoms with Crippen LogP contribution in [0.3, 0.4) is 0 Å². The molecule has 1 saturated carbocycles. The molecule has 0 bridgehead atoms. The molecule has 0 radical (unpaired) electrons. The maximum Gasteiger partial charge on any atom is 0.416 e. The normalized spacial score (nSPS) is 23.1. The highest BCUT2D eigenvalue weighted by molar-refractivity contribution is 7.86. The summed E-state index contributed by atoms with van der Waals surface area (Å²) < 4.78 is 137. The van der Waals surface area contributed by atoms with Gasteiger partial charge in [-0.1, -0.05) is 0 Å². The molecular weight excluding hydrogens is 449 g/mol. The molecule has 0 N–H and O–H groups in total. The van der Waals surface area contributed by atoms with Crippen LogP contribution in [-0.4, -0.2) is 39.7 Å². The van der Waals surface area contributed by atoms with Crippen molar-refractivity contribution in [3.63, 3.8) is 0 Å². The summed E-state index contributed by atoms with van der Waals surface area (Å²) in [5, 5.41) is 0. The Labute approximate surface area is 167 Å². The molecule has 1 aliphatic carbocycles. The summed E-state index contributed by atoms with van der Waals surface area (Å²) in [6.45, 7) is 0.754. The summed E-state index contributed by atoms with van der Waals surface area (Å²) >= 11 is 0. The SMILES string of the molecule is Cc1c(F)c(F)c(S(=O)(=O)OC(C2CCCC23OCCCO3)C(F)(F)F)c(F)c1F. The number of ether oxygens (including phenoxy) is 2. The Morgan fingerprint density at radius 1 is 1.00 bits per heavy atom. The molecule has 1 heterocycles. The molecule has 3 rings (SSSR count). The molecule has 0 amide bonds. The summed E-state index contributed by atoms with van der Waals surface area (Å²) in [5.74, 6) is -12.3. The van der Waals surface area contributed by atoms with Gasteiger partial charge in [-0.3, -0.25) is 4.18 Å². The first-order chi connectivity index (χ1) is 13.8. The van der Waals surface area contributed by atoms with Gasteiger partial charge in [-0.2, -0.15) is 21.6 Å². The van der Waals surface area contributed by atoms with Crippen molar-refractivity contribution in [1.82, 2.24) is 0 Å². The van der Waals surface area contributed by atoms with Crippen LogP contribution in [0.25, 0.3) is 0 Å². The van der Waals surface area contributed by atoms with E-state index in [-0.39, 0.29) is 32.5 Å². The van der Waals surface area contributed by atoms with Gasteiger partial charge in [0.05, 0.1) is 13.2 Å². The quantitative estimate of drug-likeness (QED) is 0.380. The van der Waals surface area contributed by atoms with Crippen molar-refractivity contribution in [3.05, 3.63) is 28.8 Å². The van der Waals surface area contributed by atoms with Gasteiger partial charge in [-0.25, -0.2) is 17.6 Å². The fraction of sp³-hybridized carbons (Fsp3) is 0.647. The summed E-state index contributed by atoms with van der Waals surface area (Å²) in [7, 11) is -5.92. The average molecular weight is 466 g/mol. The van der Waals surface area contributed by atoms with E-state index in [9.17, 15) is 39.2 Å². The van der Waals surface area contributed by atoms with Crippen molar-refractivity contribution >= 4 is 10.1 Å². The third-order valence-corrected chi connectivity index (χ3v) is 6.52. The molecule has 2 atom stereocenters. The van der Waals surface area contributed by atoms with E-state index in [4.69, 9.17) is 9.47 Å². The second kappa shape index (κ2) is 7.92. The van der Waals surface area contributed by atoms with Gasteiger partial charge in [0.15, 0.2) is 40.1 Å². The molecule has 13 heteroatoms. The van der Waals surface area contributed by atoms with Gasteiger partial charge in [-0.05, 0) is 26.2 Å². The van der Waals surface area contributed by atoms with Crippen LogP contribution in [0.5, 0.6) is 0 Å². The number of halogens is 7. The molecule has 1 aliphatic heterocycles. The molecule has 2 fully saturated rings. The fourth-order valence-electron chi connectivity index (χ4n) is 3.78. The number of alkyl halides is 3. The minimum absolute atomic E-state index is 0.0180. The Hall–Kier alpha value is -1.44. The van der Waals surface area contributed by atoms with Crippen LogP contribution in [-0.2, 0) is 23.8 Å². The van der Waals surface area contributed by atoms with Crippen molar-refractivity contribution in [2.45, 2.75) is 55.6 Å². The summed E-state index contributed by atoms with van der Waals surface area (Å²) in [6.07, 6.45) is -8.06. The number of rotatable bonds is 4. The Morgan fingerprint density at radius 2 is 1.53 bits per heavy atom. The maximum atomic E-state index is 14.1. The van der Waals surface area contributed by atoms with Gasteiger partial charge in [0.25, 0.3) is 0 Å². The zero-order chi connectivity index (χ0) is 22.5. The molecule has 1 aromatic rings. The van der Waals surface area contributed by atoms with E-state index in [0.29, 0.717) is 13.3 Å². The summed E-state index contributed by atoms with van der Waals surface area (Å²) in [6, 6.07) is 0. The Morgan fingerprint density at radius 3 is 2.03 bits per heavy atom. The van der Waals surface area contributed by atoms with E-state index in [1.54, 1.807) is 0 Å². The molecule has 0 aromatic heterocycles. The van der Waals surface area contributed by atoms with Crippen molar-refractivity contribution < 1.29 is 52.8 Å². The van der Waals surface area contributed by atoms with Crippen molar-refractivity contribution in [3.8, 4) is 0 Å². The second-order valence-corrected chi connectivity index (χ2v) is 8.59. The molecule has 2 aliphatic rings. The smallest absolute Gasteiger partial charge is 0.349 e. The van der Waals surface area contributed by atoms with Crippen LogP contribution < -0.4 is 0 Å². The van der Waals surface area contributed by atoms with Crippen LogP contribution in [0.4, 0.5) is 30.7 Å². The third-order valence-electron chi connectivity index (χ3n) is 5.20. The Kier molecular flexibility index (Phi) is 6.13. The zero-order valence-corrected chi connectivity index (χ0v) is 16.3. The number of benzene rings is 1. The van der Waals surface area contributed by atoms with Gasteiger partial charge in [0.1, 0.15) is 0 Å². The van der Waals surface area contributed by atoms with Crippen molar-refractivity contribution in [2.24, 2.45) is 5.92 Å². The van der Waals surface area contributed by atoms with E-state index in [1.165, 1.54) is 0 Å². The largest absolute Gasteiger partial charge is 0.416 e. The highest BCUT2D eigenvalue weighted by atomic mass is 32.2. The van der Waals surface area contributed by atoms with Gasteiger partial charge in [0.2, 0.25) is 0 Å². The van der Waals surface area contributed by atoms with E-state index in [0.717, 1.165) is 0 Å². The van der Waals surface area contributed by atoms with Gasteiger partial charge < -0.3 is 9.47 Å². The fourth-order valence-corrected chi connectivity index (χ4v) is 5.01. The monoisotopic (exact) mass is 466 g/mol. The lowest BCUT2D eigenvalue weighted by Gasteiger charge is -2.41. The minimum atomic E-state index is -5.92. The lowest BCUT2D eigenvalue weighted by Crippen LogP contribution is -2.53. The summed E-state index contributed by atoms with van der Waals surface area (Å²) in [5.41, 5.74) is -1.17. The molecule has 5 nitrogen and oxygen atoms in total. The van der Waals surface area contributed by atoms with Gasteiger partial charge in [-0.15, -0.1) is 0 Å². The van der Waals surface area contributed by atoms with E-state index in [2.05, 4.69) is 4.18 Å². The van der Waals surface area contributed by atoms with Gasteiger partial charge in [0, 0.05) is 17.9 Å². The molecule has 1 saturated heterocycles. The third kappa shape index (κ3) is 3.92. The standard InChI is InChI=1S/C17H17F7O5S/c1-8-10(18)12(20)14(13(21)11(8)19)30(25,26)29-15(17(22,23)24)9-4-2-5-16(9)27-6-3-7-28-16/h9,15H,2-7H2,1H3. The van der Waals surface area contributed by atoms with Crippen LogP contribution in [0.1, 0.15) is 31.2 Å². The first-order valence-electron chi connectivity index (χ1n) is 8.92. The molecule has 30 heavy (non-hydrogen) atoms. The summed E-state index contributed by atoms with van der Waals surface area (Å²) in [4.78, 5) is -2.27. The van der Waals surface area contributed by atoms with E-state index >= 15 is 0 Å². The van der Waals surface area contributed by atoms with Crippen LogP contribution in [0.15, 0.2) is 4.90 Å². The highest BCUT2D eigenvalue weighted by Gasteiger charge is 2.60. The number of hydrogen-bond donors (Lipinski definition) is 0. The minimum Gasteiger partial charge on any atom is -0.349 e. The van der Waals surface area contributed by atoms with E-state index < -0.39 is 67.8 Å². The maximum absolute atomic E-state index is 14.1. The first-order valence-corrected chi connectivity index (χ1v) is 10.3. The molecule has 2 unspecified atom stereocenters. The van der Waals surface area contributed by atoms with Crippen LogP contribution >= 0.6 is 0 Å². The lowest BCUT2D eigenvalue weighted by atomic mass is 9.94. The van der Waals surface area contributed by atoms with Crippen LogP contribution in [0, 0.1) is 36.1 Å². The Balaban J connectivity index is 2.05. The number of hydrogen-bond acceptors (Lipinski definition) is 5. The predicted molar refractivity (Wildman–Crippen MR) is 85.7 cm³/mol. The second-order valence-electron chi connectivity index (χ2n) is 7.08. The van der Waals surface area contributed by atoms with Crippen molar-refractivity contribution in [2.75, 3.05) is 13.2 Å². The molecule has 1 spiro atoms. The average Bonchev–Trinajstić information content (AvgIpc) is 3.04. The topological polar surface area (TPSA) is 61.8 Å². The first kappa shape index (κ1) is 23.2. The van der Waals surface area contributed by atoms with Crippen LogP contribution in [0.2, 0.25) is 0 Å². The van der Waals surface area contributed by atoms with Crippen molar-refractivity contribution in [1.29, 1.82) is 0 Å². The van der Waals surface area contributed by atoms with Gasteiger partial charge >= 0.3 is 16.3 Å². The molecule has 170 valence electrons. The van der Waals surface area contributed by atoms with E-state index in [1.807, 2.05) is 0 Å². The molecular formula is C17H17F7O5S. The zero-order valence-electron chi connectivity index (χ0n) is 15.5. The highest BCUT2D eigenvalue weighted by Crippen LogP contribution is 2.48. The lowest BCUT2D eigenvalue weighted by molar-refractivity contribution is -0.316. The molecule has 1 aromatic carbocycles. The Bertz CT molecular complexity index is 896.